The lowest BCUT2D eigenvalue weighted by Crippen LogP contribution is -2.24. The van der Waals surface area contributed by atoms with Crippen LogP contribution in [0.2, 0.25) is 0 Å². The monoisotopic (exact) mass is 398 g/mol. The van der Waals surface area contributed by atoms with Gasteiger partial charge in [-0.1, -0.05) is 43.0 Å². The number of benzene rings is 2. The van der Waals surface area contributed by atoms with Crippen LogP contribution in [0.4, 0.5) is 0 Å². The maximum Gasteiger partial charge on any atom is 0.262 e. The van der Waals surface area contributed by atoms with E-state index in [1.54, 1.807) is 23.4 Å². The Hall–Kier alpha value is -2.31. The van der Waals surface area contributed by atoms with E-state index in [9.17, 15) is 4.79 Å². The van der Waals surface area contributed by atoms with Crippen LogP contribution in [0.25, 0.3) is 10.9 Å². The van der Waals surface area contributed by atoms with E-state index < -0.39 is 0 Å². The van der Waals surface area contributed by atoms with E-state index >= 15 is 0 Å². The first kappa shape index (κ1) is 20.4. The summed E-state index contributed by atoms with van der Waals surface area (Å²) >= 11 is 1.55. The van der Waals surface area contributed by atoms with Crippen molar-refractivity contribution in [3.05, 3.63) is 64.4 Å². The highest BCUT2D eigenvalue weighted by molar-refractivity contribution is 7.99. The van der Waals surface area contributed by atoms with E-state index in [1.165, 1.54) is 5.56 Å². The largest absolute Gasteiger partial charge is 0.493 e. The molecule has 0 saturated heterocycles. The maximum atomic E-state index is 12.9. The summed E-state index contributed by atoms with van der Waals surface area (Å²) in [4.78, 5) is 17.6. The second-order valence-electron chi connectivity index (χ2n) is 6.41. The second-order valence-corrected chi connectivity index (χ2v) is 7.47. The number of ether oxygens (including phenoxy) is 2. The topological polar surface area (TPSA) is 53.3 Å². The van der Waals surface area contributed by atoms with Crippen LogP contribution in [0.3, 0.4) is 0 Å². The third-order valence-corrected chi connectivity index (χ3v) is 5.39. The molecule has 3 rings (SSSR count). The number of hydrogen-bond acceptors (Lipinski definition) is 5. The molecule has 0 N–H and O–H groups in total. The highest BCUT2D eigenvalue weighted by Crippen LogP contribution is 2.19. The molecule has 1 heterocycles. The molecule has 0 aliphatic rings. The number of methoxy groups -OCH3 is 1. The predicted octanol–water partition coefficient (Wildman–Crippen LogP) is 4.17. The minimum atomic E-state index is 0.000711. The van der Waals surface area contributed by atoms with Crippen LogP contribution >= 0.6 is 11.8 Å². The molecule has 28 heavy (non-hydrogen) atoms. The summed E-state index contributed by atoms with van der Waals surface area (Å²) in [6.45, 7) is 3.88. The average Bonchev–Trinajstić information content (AvgIpc) is 2.73. The van der Waals surface area contributed by atoms with Gasteiger partial charge in [0.15, 0.2) is 5.16 Å². The number of nitrogens with zero attached hydrogens (tertiary/aromatic N) is 2. The minimum absolute atomic E-state index is 0.000711. The average molecular weight is 399 g/mol. The lowest BCUT2D eigenvalue weighted by atomic mass is 10.2. The molecule has 0 fully saturated rings. The highest BCUT2D eigenvalue weighted by atomic mass is 32.2. The van der Waals surface area contributed by atoms with E-state index in [4.69, 9.17) is 14.5 Å². The van der Waals surface area contributed by atoms with Gasteiger partial charge in [-0.25, -0.2) is 4.98 Å². The zero-order valence-electron chi connectivity index (χ0n) is 16.4. The molecular formula is C22H26N2O3S. The molecule has 1 aromatic heterocycles. The number of aromatic nitrogens is 2. The lowest BCUT2D eigenvalue weighted by Gasteiger charge is -2.13. The molecule has 3 aromatic rings. The van der Waals surface area contributed by atoms with Crippen molar-refractivity contribution >= 4 is 22.7 Å². The number of hydrogen-bond donors (Lipinski definition) is 0. The number of thioether (sulfide) groups is 1. The van der Waals surface area contributed by atoms with Gasteiger partial charge in [0.25, 0.3) is 5.56 Å². The van der Waals surface area contributed by atoms with Crippen LogP contribution in [0.15, 0.2) is 58.5 Å². The Morgan fingerprint density at radius 2 is 1.96 bits per heavy atom. The molecule has 0 radical (unpaired) electrons. The minimum Gasteiger partial charge on any atom is -0.493 e. The van der Waals surface area contributed by atoms with Gasteiger partial charge in [-0.3, -0.25) is 9.36 Å². The van der Waals surface area contributed by atoms with Crippen molar-refractivity contribution in [1.29, 1.82) is 0 Å². The van der Waals surface area contributed by atoms with Gasteiger partial charge in [0.1, 0.15) is 5.75 Å². The molecule has 0 spiro atoms. The quantitative estimate of drug-likeness (QED) is 0.291. The van der Waals surface area contributed by atoms with Crippen LogP contribution in [-0.2, 0) is 17.7 Å². The first-order chi connectivity index (χ1) is 13.7. The van der Waals surface area contributed by atoms with Gasteiger partial charge in [-0.05, 0) is 42.7 Å². The number of aryl methyl sites for hydroxylation is 1. The lowest BCUT2D eigenvalue weighted by molar-refractivity contribution is 0.189. The third-order valence-electron chi connectivity index (χ3n) is 4.45. The highest BCUT2D eigenvalue weighted by Gasteiger charge is 2.11. The molecule has 0 amide bonds. The van der Waals surface area contributed by atoms with E-state index in [0.29, 0.717) is 30.9 Å². The smallest absolute Gasteiger partial charge is 0.262 e. The van der Waals surface area contributed by atoms with E-state index in [2.05, 4.69) is 19.1 Å². The first-order valence-electron chi connectivity index (χ1n) is 9.56. The molecule has 2 aromatic carbocycles. The summed E-state index contributed by atoms with van der Waals surface area (Å²) in [7, 11) is 1.67. The number of fused-ring (bicyclic) bond motifs is 1. The molecule has 148 valence electrons. The Kier molecular flexibility index (Phi) is 7.51. The van der Waals surface area contributed by atoms with Gasteiger partial charge in [-0.15, -0.1) is 0 Å². The van der Waals surface area contributed by atoms with Crippen LogP contribution in [0.1, 0.15) is 18.9 Å². The Morgan fingerprint density at radius 1 is 1.11 bits per heavy atom. The molecule has 0 bridgehead atoms. The Morgan fingerprint density at radius 3 is 2.79 bits per heavy atom. The summed E-state index contributed by atoms with van der Waals surface area (Å²) < 4.78 is 12.8. The molecule has 6 heteroatoms. The predicted molar refractivity (Wildman–Crippen MR) is 115 cm³/mol. The van der Waals surface area contributed by atoms with Crippen molar-refractivity contribution in [1.82, 2.24) is 9.55 Å². The summed E-state index contributed by atoms with van der Waals surface area (Å²) in [5.41, 5.74) is 1.99. The van der Waals surface area contributed by atoms with Crippen molar-refractivity contribution in [2.24, 2.45) is 0 Å². The van der Waals surface area contributed by atoms with Crippen molar-refractivity contribution in [2.75, 3.05) is 26.1 Å². The molecule has 0 saturated carbocycles. The van der Waals surface area contributed by atoms with Crippen molar-refractivity contribution in [2.45, 2.75) is 31.5 Å². The van der Waals surface area contributed by atoms with Gasteiger partial charge in [0.2, 0.25) is 0 Å². The summed E-state index contributed by atoms with van der Waals surface area (Å²) in [6, 6.07) is 15.6. The first-order valence-corrected chi connectivity index (χ1v) is 10.5. The molecule has 0 atom stereocenters. The van der Waals surface area contributed by atoms with Gasteiger partial charge < -0.3 is 9.47 Å². The van der Waals surface area contributed by atoms with Crippen molar-refractivity contribution < 1.29 is 9.47 Å². The van der Waals surface area contributed by atoms with Crippen LogP contribution in [0, 0.1) is 0 Å². The van der Waals surface area contributed by atoms with Crippen LogP contribution < -0.4 is 10.3 Å². The zero-order valence-corrected chi connectivity index (χ0v) is 17.2. The van der Waals surface area contributed by atoms with Crippen molar-refractivity contribution in [3.8, 4) is 5.75 Å². The van der Waals surface area contributed by atoms with Crippen LogP contribution in [-0.4, -0.2) is 35.6 Å². The summed E-state index contributed by atoms with van der Waals surface area (Å²) in [6.07, 6.45) is 1.75. The SMILES string of the molecule is CCc1cccc(OCCSc2nc3ccccc3c(=O)n2CCCOC)c1. The fraction of sp³-hybridized carbons (Fsp3) is 0.364. The Bertz CT molecular complexity index is 971. The summed E-state index contributed by atoms with van der Waals surface area (Å²) in [5, 5.41) is 1.38. The number of rotatable bonds is 10. The van der Waals surface area contributed by atoms with Gasteiger partial charge >= 0.3 is 0 Å². The Labute approximate surface area is 169 Å². The molecule has 0 aliphatic carbocycles. The fourth-order valence-electron chi connectivity index (χ4n) is 2.97. The normalized spacial score (nSPS) is 11.1. The van der Waals surface area contributed by atoms with Gasteiger partial charge in [-0.2, -0.15) is 0 Å². The summed E-state index contributed by atoms with van der Waals surface area (Å²) in [5.74, 6) is 1.59. The van der Waals surface area contributed by atoms with Gasteiger partial charge in [0, 0.05) is 26.0 Å². The third kappa shape index (κ3) is 5.14. The maximum absolute atomic E-state index is 12.9. The van der Waals surface area contributed by atoms with E-state index in [-0.39, 0.29) is 5.56 Å². The van der Waals surface area contributed by atoms with E-state index in [0.717, 1.165) is 29.3 Å². The van der Waals surface area contributed by atoms with Crippen molar-refractivity contribution in [3.63, 3.8) is 0 Å². The zero-order chi connectivity index (χ0) is 19.8. The molecule has 5 nitrogen and oxygen atoms in total. The molecular weight excluding hydrogens is 372 g/mol. The Balaban J connectivity index is 1.71. The van der Waals surface area contributed by atoms with Gasteiger partial charge in [0.05, 0.1) is 17.5 Å². The fourth-order valence-corrected chi connectivity index (χ4v) is 3.81. The number of para-hydroxylation sites is 1. The molecule has 0 aliphatic heterocycles. The second kappa shape index (κ2) is 10.3. The standard InChI is InChI=1S/C22H26N2O3S/c1-3-17-8-6-9-18(16-17)27-14-15-28-22-23-20-11-5-4-10-19(20)21(25)24(22)12-7-13-26-2/h4-6,8-11,16H,3,7,12-15H2,1-2H3. The van der Waals surface area contributed by atoms with E-state index in [1.807, 2.05) is 36.4 Å². The van der Waals surface area contributed by atoms with Crippen LogP contribution in [0.5, 0.6) is 5.75 Å². The molecule has 0 unspecified atom stereocenters.